The molecule has 0 bridgehead atoms. The second-order valence-electron chi connectivity index (χ2n) is 10.3. The largest absolute Gasteiger partial charge is 0.494 e. The van der Waals surface area contributed by atoms with Crippen LogP contribution in [0.1, 0.15) is 43.1 Å². The third-order valence-corrected chi connectivity index (χ3v) is 8.02. The first kappa shape index (κ1) is 24.0. The van der Waals surface area contributed by atoms with Gasteiger partial charge in [0.15, 0.2) is 0 Å². The first-order chi connectivity index (χ1) is 18.0. The molecule has 0 aliphatic carbocycles. The Hall–Kier alpha value is -3.36. The Morgan fingerprint density at radius 1 is 1.08 bits per heavy atom. The number of amides is 3. The quantitative estimate of drug-likeness (QED) is 0.495. The second-order valence-corrected chi connectivity index (χ2v) is 10.3. The third kappa shape index (κ3) is 3.99. The second kappa shape index (κ2) is 9.50. The molecule has 0 radical (unpaired) electrons. The zero-order chi connectivity index (χ0) is 25.6. The van der Waals surface area contributed by atoms with E-state index in [-0.39, 0.29) is 18.0 Å². The van der Waals surface area contributed by atoms with Crippen molar-refractivity contribution in [2.45, 2.75) is 38.3 Å². The first-order valence-electron chi connectivity index (χ1n) is 13.3. The fraction of sp³-hybridized carbons (Fsp3) is 0.448. The van der Waals surface area contributed by atoms with Crippen molar-refractivity contribution in [2.75, 3.05) is 46.0 Å². The number of nitrogens with one attached hydrogen (secondary N) is 1. The molecule has 6 rings (SSSR count). The smallest absolute Gasteiger partial charge is 0.328 e. The SMILES string of the molecule is CCOc1ccc2[nH]c3c(c2c1)C[C@@]1(C)C(=O)N(CCCN2CCOCC2)C(=O)N1[C@@H]3c1ccccc1. The van der Waals surface area contributed by atoms with Crippen molar-refractivity contribution in [3.63, 3.8) is 0 Å². The van der Waals surface area contributed by atoms with Crippen molar-refractivity contribution in [3.05, 3.63) is 65.4 Å². The highest BCUT2D eigenvalue weighted by Gasteiger charge is 2.60. The molecule has 0 unspecified atom stereocenters. The number of ether oxygens (including phenoxy) is 2. The predicted molar refractivity (Wildman–Crippen MR) is 141 cm³/mol. The van der Waals surface area contributed by atoms with Gasteiger partial charge in [0.2, 0.25) is 0 Å². The number of aromatic nitrogens is 1. The minimum Gasteiger partial charge on any atom is -0.494 e. The molecule has 8 nitrogen and oxygen atoms in total. The minimum absolute atomic E-state index is 0.110. The van der Waals surface area contributed by atoms with Crippen LogP contribution in [0.5, 0.6) is 5.75 Å². The van der Waals surface area contributed by atoms with Gasteiger partial charge in [-0.25, -0.2) is 4.79 Å². The van der Waals surface area contributed by atoms with Gasteiger partial charge in [-0.05, 0) is 49.6 Å². The number of carbonyl (C=O) groups is 2. The Bertz CT molecular complexity index is 1320. The van der Waals surface area contributed by atoms with Crippen LogP contribution in [0, 0.1) is 0 Å². The fourth-order valence-corrected chi connectivity index (χ4v) is 6.20. The number of hydrogen-bond donors (Lipinski definition) is 1. The van der Waals surface area contributed by atoms with Crippen molar-refractivity contribution < 1.29 is 19.1 Å². The first-order valence-corrected chi connectivity index (χ1v) is 13.3. The van der Waals surface area contributed by atoms with Crippen molar-refractivity contribution in [2.24, 2.45) is 0 Å². The summed E-state index contributed by atoms with van der Waals surface area (Å²) in [6, 6.07) is 15.5. The molecule has 0 spiro atoms. The Kier molecular flexibility index (Phi) is 6.16. The topological polar surface area (TPSA) is 78.1 Å². The molecule has 2 saturated heterocycles. The Morgan fingerprint density at radius 3 is 2.62 bits per heavy atom. The number of morpholine rings is 1. The predicted octanol–water partition coefficient (Wildman–Crippen LogP) is 3.96. The molecule has 3 aromatic rings. The molecule has 3 aliphatic heterocycles. The molecule has 2 aromatic carbocycles. The molecule has 3 amide bonds. The van der Waals surface area contributed by atoms with Gasteiger partial charge in [-0.1, -0.05) is 30.3 Å². The van der Waals surface area contributed by atoms with Crippen molar-refractivity contribution in [1.82, 2.24) is 19.7 Å². The molecule has 37 heavy (non-hydrogen) atoms. The van der Waals surface area contributed by atoms with Crippen LogP contribution in [-0.4, -0.2) is 83.2 Å². The van der Waals surface area contributed by atoms with Crippen molar-refractivity contribution in [1.29, 1.82) is 0 Å². The molecule has 2 atom stereocenters. The van der Waals surface area contributed by atoms with Gasteiger partial charge in [-0.15, -0.1) is 0 Å². The Labute approximate surface area is 217 Å². The summed E-state index contributed by atoms with van der Waals surface area (Å²) >= 11 is 0. The lowest BCUT2D eigenvalue weighted by Crippen LogP contribution is -2.53. The van der Waals surface area contributed by atoms with Gasteiger partial charge in [0.25, 0.3) is 5.91 Å². The Morgan fingerprint density at radius 2 is 1.86 bits per heavy atom. The van der Waals surface area contributed by atoms with Gasteiger partial charge >= 0.3 is 6.03 Å². The molecular weight excluding hydrogens is 468 g/mol. The van der Waals surface area contributed by atoms with E-state index >= 15 is 0 Å². The number of urea groups is 1. The van der Waals surface area contributed by atoms with Crippen molar-refractivity contribution in [3.8, 4) is 5.75 Å². The molecule has 2 fully saturated rings. The van der Waals surface area contributed by atoms with Crippen LogP contribution >= 0.6 is 0 Å². The average Bonchev–Trinajstić information content (AvgIpc) is 3.36. The van der Waals surface area contributed by atoms with E-state index in [9.17, 15) is 9.59 Å². The van der Waals surface area contributed by atoms with Crippen LogP contribution < -0.4 is 4.74 Å². The van der Waals surface area contributed by atoms with E-state index in [4.69, 9.17) is 9.47 Å². The number of rotatable bonds is 7. The van der Waals surface area contributed by atoms with Crippen LogP contribution in [-0.2, 0) is 16.0 Å². The van der Waals surface area contributed by atoms with E-state index in [0.717, 1.165) is 72.7 Å². The lowest BCUT2D eigenvalue weighted by atomic mass is 9.81. The monoisotopic (exact) mass is 502 g/mol. The van der Waals surface area contributed by atoms with E-state index in [1.807, 2.05) is 61.2 Å². The summed E-state index contributed by atoms with van der Waals surface area (Å²) in [5, 5.41) is 1.05. The van der Waals surface area contributed by atoms with Gasteiger partial charge < -0.3 is 14.5 Å². The van der Waals surface area contributed by atoms with Gasteiger partial charge in [0.05, 0.1) is 19.8 Å². The highest BCUT2D eigenvalue weighted by atomic mass is 16.5. The highest BCUT2D eigenvalue weighted by Crippen LogP contribution is 2.49. The summed E-state index contributed by atoms with van der Waals surface area (Å²) in [7, 11) is 0. The van der Waals surface area contributed by atoms with Gasteiger partial charge in [-0.3, -0.25) is 19.5 Å². The van der Waals surface area contributed by atoms with Crippen molar-refractivity contribution >= 4 is 22.8 Å². The summed E-state index contributed by atoms with van der Waals surface area (Å²) in [5.74, 6) is 0.695. The maximum Gasteiger partial charge on any atom is 0.328 e. The Balaban J connectivity index is 1.37. The molecule has 194 valence electrons. The standard InChI is InChI=1S/C29H34N4O4/c1-3-37-21-10-11-24-22(18-21)23-19-29(2)27(34)32(13-7-12-31-14-16-36-17-15-31)28(35)33(29)26(25(23)30-24)20-8-5-4-6-9-20/h4-6,8-11,18,26,30H,3,7,12-17,19H2,1-2H3/t26-,29+/m1/s1. The zero-order valence-corrected chi connectivity index (χ0v) is 21.5. The lowest BCUT2D eigenvalue weighted by molar-refractivity contribution is -0.133. The van der Waals surface area contributed by atoms with E-state index < -0.39 is 5.54 Å². The summed E-state index contributed by atoms with van der Waals surface area (Å²) in [4.78, 5) is 37.2. The van der Waals surface area contributed by atoms with Crippen LogP contribution in [0.15, 0.2) is 48.5 Å². The van der Waals surface area contributed by atoms with Crippen LogP contribution in [0.25, 0.3) is 10.9 Å². The summed E-state index contributed by atoms with van der Waals surface area (Å²) in [6.45, 7) is 9.03. The number of imide groups is 1. The van der Waals surface area contributed by atoms with E-state index in [0.29, 0.717) is 19.6 Å². The number of carbonyl (C=O) groups excluding carboxylic acids is 2. The highest BCUT2D eigenvalue weighted by molar-refractivity contribution is 6.08. The third-order valence-electron chi connectivity index (χ3n) is 8.02. The van der Waals surface area contributed by atoms with E-state index in [1.54, 1.807) is 0 Å². The molecule has 4 heterocycles. The molecular formula is C29H34N4O4. The zero-order valence-electron chi connectivity index (χ0n) is 21.5. The summed E-state index contributed by atoms with van der Waals surface area (Å²) < 4.78 is 11.2. The van der Waals surface area contributed by atoms with E-state index in [2.05, 4.69) is 16.0 Å². The van der Waals surface area contributed by atoms with Gasteiger partial charge in [-0.2, -0.15) is 0 Å². The lowest BCUT2D eigenvalue weighted by Gasteiger charge is -2.42. The number of fused-ring (bicyclic) bond motifs is 4. The maximum absolute atomic E-state index is 14.0. The fourth-order valence-electron chi connectivity index (χ4n) is 6.20. The molecule has 1 N–H and O–H groups in total. The average molecular weight is 503 g/mol. The van der Waals surface area contributed by atoms with Gasteiger partial charge in [0.1, 0.15) is 17.3 Å². The molecule has 3 aliphatic rings. The summed E-state index contributed by atoms with van der Waals surface area (Å²) in [5.41, 5.74) is 3.08. The number of benzene rings is 2. The normalized spacial score (nSPS) is 24.0. The number of hydrogen-bond acceptors (Lipinski definition) is 5. The number of H-pyrrole nitrogens is 1. The molecule has 0 saturated carbocycles. The van der Waals surface area contributed by atoms with E-state index in [1.165, 1.54) is 4.90 Å². The number of nitrogens with zero attached hydrogens (tertiary/aromatic N) is 3. The molecule has 1 aromatic heterocycles. The van der Waals surface area contributed by atoms with Crippen LogP contribution in [0.4, 0.5) is 4.79 Å². The minimum atomic E-state index is -0.958. The van der Waals surface area contributed by atoms with Gasteiger partial charge in [0, 0.05) is 49.2 Å². The number of aromatic amines is 1. The van der Waals surface area contributed by atoms with Crippen LogP contribution in [0.2, 0.25) is 0 Å². The van der Waals surface area contributed by atoms with Crippen LogP contribution in [0.3, 0.4) is 0 Å². The molecule has 8 heteroatoms. The summed E-state index contributed by atoms with van der Waals surface area (Å²) in [6.07, 6.45) is 1.22. The maximum atomic E-state index is 14.0.